The first-order valence-corrected chi connectivity index (χ1v) is 20.8. The van der Waals surface area contributed by atoms with Crippen LogP contribution in [0.25, 0.3) is 55.8 Å². The highest BCUT2D eigenvalue weighted by atomic mass is 16.3. The number of anilines is 6. The van der Waals surface area contributed by atoms with Crippen LogP contribution in [0.5, 0.6) is 0 Å². The zero-order valence-electron chi connectivity index (χ0n) is 36.0. The maximum absolute atomic E-state index is 7.16. The van der Waals surface area contributed by atoms with Crippen LogP contribution in [0.1, 0.15) is 75.1 Å². The minimum atomic E-state index is 0.0122. The van der Waals surface area contributed by atoms with Crippen molar-refractivity contribution in [3.63, 3.8) is 0 Å². The molecule has 60 heavy (non-hydrogen) atoms. The predicted molar refractivity (Wildman–Crippen MR) is 257 cm³/mol. The quantitative estimate of drug-likeness (QED) is 0.154. The molecule has 298 valence electrons. The number of aryl methyl sites for hydroxylation is 2. The van der Waals surface area contributed by atoms with Gasteiger partial charge in [-0.25, -0.2) is 0 Å². The van der Waals surface area contributed by atoms with Crippen molar-refractivity contribution < 1.29 is 8.83 Å². The molecule has 0 aliphatic carbocycles. The van der Waals surface area contributed by atoms with Gasteiger partial charge in [0.15, 0.2) is 5.58 Å². The highest BCUT2D eigenvalue weighted by Crippen LogP contribution is 2.51. The second kappa shape index (κ2) is 14.5. The molecule has 0 saturated carbocycles. The molecule has 0 amide bonds. The maximum atomic E-state index is 7.16. The molecule has 0 unspecified atom stereocenters. The topological polar surface area (TPSA) is 32.8 Å². The lowest BCUT2D eigenvalue weighted by molar-refractivity contribution is 0.590. The summed E-state index contributed by atoms with van der Waals surface area (Å²) in [6, 6.07) is 48.2. The van der Waals surface area contributed by atoms with E-state index in [1.807, 2.05) is 6.08 Å². The third-order valence-electron chi connectivity index (χ3n) is 11.8. The molecule has 0 aliphatic heterocycles. The Kier molecular flexibility index (Phi) is 9.35. The van der Waals surface area contributed by atoms with Crippen molar-refractivity contribution >= 4 is 90.0 Å². The van der Waals surface area contributed by atoms with Crippen molar-refractivity contribution in [3.8, 4) is 0 Å². The Labute approximate surface area is 353 Å². The van der Waals surface area contributed by atoms with E-state index in [2.05, 4.69) is 212 Å². The zero-order chi connectivity index (χ0) is 42.1. The number of hydrogen-bond donors (Lipinski definition) is 0. The number of hydrogen-bond acceptors (Lipinski definition) is 4. The van der Waals surface area contributed by atoms with E-state index in [4.69, 9.17) is 8.83 Å². The number of rotatable bonds is 8. The lowest BCUT2D eigenvalue weighted by Gasteiger charge is -2.28. The van der Waals surface area contributed by atoms with Crippen LogP contribution in [0.4, 0.5) is 34.1 Å². The Balaban J connectivity index is 1.37. The van der Waals surface area contributed by atoms with E-state index in [9.17, 15) is 0 Å². The lowest BCUT2D eigenvalue weighted by Crippen LogP contribution is -2.13. The summed E-state index contributed by atoms with van der Waals surface area (Å²) >= 11 is 0. The monoisotopic (exact) mass is 784 g/mol. The first-order chi connectivity index (χ1) is 28.7. The maximum Gasteiger partial charge on any atom is 0.160 e. The van der Waals surface area contributed by atoms with Crippen LogP contribution < -0.4 is 9.80 Å². The normalized spacial score (nSPS) is 12.1. The van der Waals surface area contributed by atoms with Gasteiger partial charge in [0.2, 0.25) is 0 Å². The van der Waals surface area contributed by atoms with Gasteiger partial charge in [-0.1, -0.05) is 134 Å². The van der Waals surface area contributed by atoms with E-state index in [0.29, 0.717) is 5.76 Å². The fraction of sp³-hybridized carbons (Fsp3) is 0.179. The fourth-order valence-electron chi connectivity index (χ4n) is 8.71. The number of furan rings is 2. The average Bonchev–Trinajstić information content (AvgIpc) is 3.79. The molecule has 0 atom stereocenters. The van der Waals surface area contributed by atoms with Crippen molar-refractivity contribution in [3.05, 3.63) is 180 Å². The smallest absolute Gasteiger partial charge is 0.160 e. The third kappa shape index (κ3) is 6.57. The molecule has 2 heterocycles. The first-order valence-electron chi connectivity index (χ1n) is 20.8. The van der Waals surface area contributed by atoms with Gasteiger partial charge in [0.05, 0.1) is 11.4 Å². The van der Waals surface area contributed by atoms with Crippen LogP contribution in [0.2, 0.25) is 0 Å². The van der Waals surface area contributed by atoms with E-state index < -0.39 is 0 Å². The van der Waals surface area contributed by atoms with Crippen LogP contribution in [0.15, 0.2) is 155 Å². The van der Waals surface area contributed by atoms with Gasteiger partial charge in [-0.05, 0) is 107 Å². The van der Waals surface area contributed by atoms with Gasteiger partial charge in [-0.3, -0.25) is 0 Å². The van der Waals surface area contributed by atoms with E-state index in [-0.39, 0.29) is 10.8 Å². The summed E-state index contributed by atoms with van der Waals surface area (Å²) in [7, 11) is 0. The van der Waals surface area contributed by atoms with Gasteiger partial charge in [-0.2, -0.15) is 0 Å². The van der Waals surface area contributed by atoms with Crippen molar-refractivity contribution in [2.75, 3.05) is 9.80 Å². The van der Waals surface area contributed by atoms with Crippen LogP contribution >= 0.6 is 0 Å². The first kappa shape index (κ1) is 38.7. The molecule has 9 rings (SSSR count). The van der Waals surface area contributed by atoms with Gasteiger partial charge < -0.3 is 18.6 Å². The highest BCUT2D eigenvalue weighted by molar-refractivity contribution is 6.31. The molecule has 0 aliphatic rings. The van der Waals surface area contributed by atoms with Crippen molar-refractivity contribution in [2.45, 2.75) is 66.2 Å². The Morgan fingerprint density at radius 3 is 1.47 bits per heavy atom. The highest BCUT2D eigenvalue weighted by Gasteiger charge is 2.28. The molecule has 2 aromatic heterocycles. The summed E-state index contributed by atoms with van der Waals surface area (Å²) in [4.78, 5) is 4.64. The summed E-state index contributed by atoms with van der Waals surface area (Å²) in [5, 5.41) is 5.17. The van der Waals surface area contributed by atoms with Crippen LogP contribution in [0, 0.1) is 13.8 Å². The molecule has 4 heteroatoms. The van der Waals surface area contributed by atoms with Crippen molar-refractivity contribution in [2.24, 2.45) is 0 Å². The molecule has 0 bridgehead atoms. The molecular formula is C56H52N2O2. The lowest BCUT2D eigenvalue weighted by atomic mass is 9.87. The standard InChI is InChI=1S/C56H52N2O2/c1-11-43-48(12-2)60-54-47(58(42-20-16-18-36(4)32-42)40-29-25-38(26-30-40)56(8,9)10)34-50-53(52(43)54)51-45-22-14-13-21-44(45)46(33-49(51)59-50)57(41-19-15-17-35(3)31-41)39-27-23-37(24-28-39)55(5,6)7/h11-34H,1-2H2,3-10H3. The molecule has 0 saturated heterocycles. The second-order valence-electron chi connectivity index (χ2n) is 18.1. The Hall–Kier alpha value is -6.78. The molecule has 0 radical (unpaired) electrons. The SMILES string of the molecule is C=Cc1oc2c(N(c3ccc(C(C)(C)C)cc3)c3cccc(C)c3)cc3oc4cc(N(c5ccc(C(C)(C)C)cc5)c5cccc(C)c5)c5ccccc5c4c3c2c1C=C. The van der Waals surface area contributed by atoms with Crippen LogP contribution in [-0.4, -0.2) is 0 Å². The third-order valence-corrected chi connectivity index (χ3v) is 11.8. The van der Waals surface area contributed by atoms with E-state index in [0.717, 1.165) is 88.9 Å². The van der Waals surface area contributed by atoms with Crippen LogP contribution in [-0.2, 0) is 10.8 Å². The summed E-state index contributed by atoms with van der Waals surface area (Å²) in [6.45, 7) is 26.3. The van der Waals surface area contributed by atoms with Gasteiger partial charge in [0, 0.05) is 62.0 Å². The van der Waals surface area contributed by atoms with Gasteiger partial charge in [-0.15, -0.1) is 0 Å². The van der Waals surface area contributed by atoms with E-state index >= 15 is 0 Å². The fourth-order valence-corrected chi connectivity index (χ4v) is 8.71. The largest absolute Gasteiger partial charge is 0.456 e. The Bertz CT molecular complexity index is 3110. The molecule has 7 aromatic carbocycles. The summed E-state index contributed by atoms with van der Waals surface area (Å²) < 4.78 is 14.0. The predicted octanol–water partition coefficient (Wildman–Crippen LogP) is 16.9. The summed E-state index contributed by atoms with van der Waals surface area (Å²) in [6.07, 6.45) is 3.67. The average molecular weight is 785 g/mol. The van der Waals surface area contributed by atoms with Crippen molar-refractivity contribution in [1.29, 1.82) is 0 Å². The molecule has 0 fully saturated rings. The Morgan fingerprint density at radius 1 is 0.467 bits per heavy atom. The number of nitrogens with zero attached hydrogens (tertiary/aromatic N) is 2. The molecule has 0 N–H and O–H groups in total. The molecular weight excluding hydrogens is 733 g/mol. The minimum Gasteiger partial charge on any atom is -0.456 e. The minimum absolute atomic E-state index is 0.0122. The number of benzene rings is 7. The number of fused-ring (bicyclic) bond motifs is 7. The van der Waals surface area contributed by atoms with Gasteiger partial charge >= 0.3 is 0 Å². The Morgan fingerprint density at radius 2 is 0.967 bits per heavy atom. The summed E-state index contributed by atoms with van der Waals surface area (Å²) in [5.74, 6) is 0.667. The molecule has 4 nitrogen and oxygen atoms in total. The van der Waals surface area contributed by atoms with E-state index in [1.165, 1.54) is 16.7 Å². The summed E-state index contributed by atoms with van der Waals surface area (Å²) in [5.41, 5.74) is 14.2. The molecule has 9 aromatic rings. The van der Waals surface area contributed by atoms with Crippen molar-refractivity contribution in [1.82, 2.24) is 0 Å². The second-order valence-corrected chi connectivity index (χ2v) is 18.1. The van der Waals surface area contributed by atoms with Crippen LogP contribution in [0.3, 0.4) is 0 Å². The molecule has 0 spiro atoms. The van der Waals surface area contributed by atoms with Gasteiger partial charge in [0.1, 0.15) is 16.9 Å². The van der Waals surface area contributed by atoms with E-state index in [1.54, 1.807) is 6.08 Å². The zero-order valence-corrected chi connectivity index (χ0v) is 36.0. The van der Waals surface area contributed by atoms with Gasteiger partial charge in [0.25, 0.3) is 0 Å².